The van der Waals surface area contributed by atoms with Crippen LogP contribution in [0.1, 0.15) is 92.7 Å². The predicted octanol–water partition coefficient (Wildman–Crippen LogP) is 8.36. The van der Waals surface area contributed by atoms with Crippen molar-refractivity contribution in [2.24, 2.45) is 17.8 Å². The van der Waals surface area contributed by atoms with Gasteiger partial charge in [0.2, 0.25) is 0 Å². The SMILES string of the molecule is CC(C)[C@@H]1CC[C@@H](C)C[C@H]1O[P@](=O)(Oc1cc(C(C)(C)C)c(O)c(C(C)(C)C)c1)c1ccccc1. The van der Waals surface area contributed by atoms with Gasteiger partial charge in [-0.3, -0.25) is 4.52 Å². The fourth-order valence-corrected chi connectivity index (χ4v) is 6.89. The highest BCUT2D eigenvalue weighted by Gasteiger charge is 2.40. The van der Waals surface area contributed by atoms with Gasteiger partial charge >= 0.3 is 7.60 Å². The van der Waals surface area contributed by atoms with Gasteiger partial charge < -0.3 is 9.63 Å². The Hall–Kier alpha value is -1.77. The van der Waals surface area contributed by atoms with Crippen molar-refractivity contribution < 1.29 is 18.7 Å². The minimum absolute atomic E-state index is 0.133. The standard InChI is InChI=1S/C30H45O4P/c1-20(2)24-16-15-21(3)17-27(24)34-35(32,23-13-11-10-12-14-23)33-22-18-25(29(4,5)6)28(31)26(19-22)30(7,8)9/h10-14,18-21,24,27,31H,15-17H2,1-9H3/t21-,24+,27-,35-/m1/s1. The third-order valence-corrected chi connectivity index (χ3v) is 9.16. The van der Waals surface area contributed by atoms with E-state index >= 15 is 0 Å². The summed E-state index contributed by atoms with van der Waals surface area (Å²) in [5.41, 5.74) is 0.905. The Morgan fingerprint density at radius 1 is 0.943 bits per heavy atom. The summed E-state index contributed by atoms with van der Waals surface area (Å²) in [6, 6.07) is 13.0. The van der Waals surface area contributed by atoms with E-state index in [0.717, 1.165) is 24.0 Å². The summed E-state index contributed by atoms with van der Waals surface area (Å²) in [5, 5.41) is 11.7. The summed E-state index contributed by atoms with van der Waals surface area (Å²) in [5.74, 6) is 2.03. The number of rotatable bonds is 6. The molecular formula is C30H45O4P. The third kappa shape index (κ3) is 6.52. The smallest absolute Gasteiger partial charge is 0.411 e. The summed E-state index contributed by atoms with van der Waals surface area (Å²) in [7, 11) is -3.71. The summed E-state index contributed by atoms with van der Waals surface area (Å²) in [4.78, 5) is 0. The molecule has 0 aliphatic heterocycles. The minimum Gasteiger partial charge on any atom is -0.507 e. The van der Waals surface area contributed by atoms with Gasteiger partial charge in [0, 0.05) is 11.1 Å². The maximum atomic E-state index is 14.6. The average Bonchev–Trinajstić information content (AvgIpc) is 2.73. The first-order valence-corrected chi connectivity index (χ1v) is 14.6. The van der Waals surface area contributed by atoms with Crippen LogP contribution < -0.4 is 9.83 Å². The van der Waals surface area contributed by atoms with Crippen molar-refractivity contribution in [1.29, 1.82) is 0 Å². The number of benzene rings is 2. The Morgan fingerprint density at radius 2 is 1.49 bits per heavy atom. The largest absolute Gasteiger partial charge is 0.507 e. The van der Waals surface area contributed by atoms with E-state index in [-0.39, 0.29) is 22.7 Å². The fraction of sp³-hybridized carbons (Fsp3) is 0.600. The van der Waals surface area contributed by atoms with Crippen LogP contribution in [0, 0.1) is 17.8 Å². The molecule has 35 heavy (non-hydrogen) atoms. The molecule has 0 bridgehead atoms. The summed E-state index contributed by atoms with van der Waals surface area (Å²) in [6.45, 7) is 19.0. The first-order valence-electron chi connectivity index (χ1n) is 13.0. The molecule has 1 aliphatic carbocycles. The number of hydrogen-bond acceptors (Lipinski definition) is 4. The lowest BCUT2D eigenvalue weighted by molar-refractivity contribution is 0.0414. The van der Waals surface area contributed by atoms with Gasteiger partial charge in [-0.2, -0.15) is 0 Å². The van der Waals surface area contributed by atoms with E-state index in [0.29, 0.717) is 28.8 Å². The van der Waals surface area contributed by atoms with Crippen molar-refractivity contribution in [2.75, 3.05) is 0 Å². The van der Waals surface area contributed by atoms with Crippen molar-refractivity contribution in [2.45, 2.75) is 98.5 Å². The van der Waals surface area contributed by atoms with Gasteiger partial charge in [-0.05, 0) is 65.7 Å². The van der Waals surface area contributed by atoms with Crippen LogP contribution in [0.15, 0.2) is 42.5 Å². The molecule has 4 atom stereocenters. The molecule has 1 aliphatic rings. The Morgan fingerprint density at radius 3 is 1.97 bits per heavy atom. The number of phenolic OH excluding ortho intramolecular Hbond substituents is 1. The van der Waals surface area contributed by atoms with Crippen LogP contribution in [0.2, 0.25) is 0 Å². The molecular weight excluding hydrogens is 455 g/mol. The van der Waals surface area contributed by atoms with E-state index in [1.54, 1.807) is 0 Å². The highest BCUT2D eigenvalue weighted by atomic mass is 31.2. The van der Waals surface area contributed by atoms with E-state index < -0.39 is 7.60 Å². The predicted molar refractivity (Wildman–Crippen MR) is 146 cm³/mol. The van der Waals surface area contributed by atoms with E-state index in [1.165, 1.54) is 6.42 Å². The second kappa shape index (κ2) is 10.3. The zero-order valence-corrected chi connectivity index (χ0v) is 24.0. The van der Waals surface area contributed by atoms with E-state index in [1.807, 2.05) is 42.5 Å². The molecule has 3 rings (SSSR count). The Balaban J connectivity index is 2.11. The first-order chi connectivity index (χ1) is 16.1. The summed E-state index contributed by atoms with van der Waals surface area (Å²) < 4.78 is 27.6. The van der Waals surface area contributed by atoms with Gasteiger partial charge in [0.1, 0.15) is 11.5 Å². The molecule has 1 fully saturated rings. The maximum Gasteiger partial charge on any atom is 0.411 e. The number of hydrogen-bond donors (Lipinski definition) is 1. The second-order valence-electron chi connectivity index (χ2n) is 12.8. The Kier molecular flexibility index (Phi) is 8.19. The molecule has 2 aromatic carbocycles. The lowest BCUT2D eigenvalue weighted by atomic mass is 9.75. The van der Waals surface area contributed by atoms with Gasteiger partial charge in [-0.1, -0.05) is 86.9 Å². The van der Waals surface area contributed by atoms with Crippen molar-refractivity contribution >= 4 is 12.9 Å². The van der Waals surface area contributed by atoms with Crippen LogP contribution in [-0.2, 0) is 19.9 Å². The van der Waals surface area contributed by atoms with Gasteiger partial charge in [0.15, 0.2) is 0 Å². The Labute approximate surface area is 213 Å². The molecule has 0 unspecified atom stereocenters. The molecule has 0 radical (unpaired) electrons. The third-order valence-electron chi connectivity index (χ3n) is 7.23. The van der Waals surface area contributed by atoms with Crippen LogP contribution in [0.25, 0.3) is 0 Å². The zero-order valence-electron chi connectivity index (χ0n) is 23.1. The Bertz CT molecular complexity index is 1010. The lowest BCUT2D eigenvalue weighted by Crippen LogP contribution is -2.35. The molecule has 0 spiro atoms. The number of phenols is 1. The summed E-state index contributed by atoms with van der Waals surface area (Å²) in [6.07, 6.45) is 2.98. The molecule has 1 saturated carbocycles. The molecule has 5 heteroatoms. The molecule has 194 valence electrons. The molecule has 0 heterocycles. The minimum atomic E-state index is -3.71. The van der Waals surface area contributed by atoms with E-state index in [2.05, 4.69) is 62.3 Å². The van der Waals surface area contributed by atoms with Crippen LogP contribution in [0.3, 0.4) is 0 Å². The van der Waals surface area contributed by atoms with Crippen molar-refractivity contribution in [3.8, 4) is 11.5 Å². The molecule has 4 nitrogen and oxygen atoms in total. The van der Waals surface area contributed by atoms with Gasteiger partial charge in [0.25, 0.3) is 0 Å². The van der Waals surface area contributed by atoms with E-state index in [9.17, 15) is 9.67 Å². The second-order valence-corrected chi connectivity index (χ2v) is 14.7. The molecule has 0 amide bonds. The van der Waals surface area contributed by atoms with Gasteiger partial charge in [0.05, 0.1) is 11.4 Å². The highest BCUT2D eigenvalue weighted by Crippen LogP contribution is 2.53. The highest BCUT2D eigenvalue weighted by molar-refractivity contribution is 7.62. The van der Waals surface area contributed by atoms with E-state index in [4.69, 9.17) is 9.05 Å². The quantitative estimate of drug-likeness (QED) is 0.405. The van der Waals surface area contributed by atoms with Crippen molar-refractivity contribution in [3.05, 3.63) is 53.6 Å². The van der Waals surface area contributed by atoms with Crippen LogP contribution in [0.4, 0.5) is 0 Å². The molecule has 0 aromatic heterocycles. The van der Waals surface area contributed by atoms with Crippen LogP contribution >= 0.6 is 7.60 Å². The monoisotopic (exact) mass is 500 g/mol. The maximum absolute atomic E-state index is 14.6. The normalized spacial score (nSPS) is 23.2. The van der Waals surface area contributed by atoms with Gasteiger partial charge in [-0.25, -0.2) is 4.57 Å². The first kappa shape index (κ1) is 27.8. The zero-order chi connectivity index (χ0) is 26.2. The van der Waals surface area contributed by atoms with Crippen LogP contribution in [-0.4, -0.2) is 11.2 Å². The lowest BCUT2D eigenvalue weighted by Gasteiger charge is -2.38. The summed E-state index contributed by atoms with van der Waals surface area (Å²) >= 11 is 0. The average molecular weight is 501 g/mol. The molecule has 2 aromatic rings. The molecule has 0 saturated heterocycles. The van der Waals surface area contributed by atoms with Gasteiger partial charge in [-0.15, -0.1) is 0 Å². The van der Waals surface area contributed by atoms with Crippen LogP contribution in [0.5, 0.6) is 11.5 Å². The van der Waals surface area contributed by atoms with Crippen molar-refractivity contribution in [3.63, 3.8) is 0 Å². The molecule has 1 N–H and O–H groups in total. The fourth-order valence-electron chi connectivity index (χ4n) is 5.10. The number of aromatic hydroxyl groups is 1. The topological polar surface area (TPSA) is 55.8 Å². The van der Waals surface area contributed by atoms with Crippen molar-refractivity contribution in [1.82, 2.24) is 0 Å².